The first kappa shape index (κ1) is 29.0. The second kappa shape index (κ2) is 19.1. The highest BCUT2D eigenvalue weighted by Gasteiger charge is 2.22. The summed E-state index contributed by atoms with van der Waals surface area (Å²) in [6, 6.07) is 1.85. The lowest BCUT2D eigenvalue weighted by Crippen LogP contribution is -2.30. The molecule has 0 amide bonds. The topological polar surface area (TPSA) is 6.48 Å². The average molecular weight is 393 g/mol. The number of halogens is 2. The lowest BCUT2D eigenvalue weighted by molar-refractivity contribution is 0.237. The first-order chi connectivity index (χ1) is 12.3. The van der Waals surface area contributed by atoms with Crippen molar-refractivity contribution < 1.29 is 9.41 Å². The molecule has 2 unspecified atom stereocenters. The number of unbranched alkanes of at least 4 members (excludes halogenated alkanes) is 4. The molecule has 4 heteroatoms. The molecule has 2 saturated heterocycles. The fraction of sp³-hybridized carbons (Fsp3) is 1.00. The Morgan fingerprint density at radius 2 is 1.11 bits per heavy atom. The first-order valence-electron chi connectivity index (χ1n) is 11.7. The van der Waals surface area contributed by atoms with Crippen molar-refractivity contribution in [3.8, 4) is 0 Å². The predicted octanol–water partition coefficient (Wildman–Crippen LogP) is 6.80. The molecule has 2 atom stereocenters. The van der Waals surface area contributed by atoms with E-state index in [0.29, 0.717) is 0 Å². The molecule has 2 heterocycles. The number of nitrogens with zero attached hydrogens (tertiary/aromatic N) is 2. The highest BCUT2D eigenvalue weighted by molar-refractivity contribution is 4.78. The summed E-state index contributed by atoms with van der Waals surface area (Å²) in [4.78, 5) is 5.41. The van der Waals surface area contributed by atoms with Gasteiger partial charge in [0.05, 0.1) is 0 Å². The quantitative estimate of drug-likeness (QED) is 0.357. The molecule has 0 aliphatic carbocycles. The van der Waals surface area contributed by atoms with Crippen LogP contribution in [0.25, 0.3) is 0 Å². The fourth-order valence-corrected chi connectivity index (χ4v) is 4.63. The summed E-state index contributed by atoms with van der Waals surface area (Å²) in [5.74, 6) is 0. The smallest absolute Gasteiger partial charge is 0.00956 e. The third-order valence-corrected chi connectivity index (χ3v) is 6.19. The van der Waals surface area contributed by atoms with Crippen LogP contribution in [0.5, 0.6) is 0 Å². The number of rotatable bonds is 11. The van der Waals surface area contributed by atoms with Gasteiger partial charge in [0.15, 0.2) is 0 Å². The molecule has 166 valence electrons. The van der Waals surface area contributed by atoms with Gasteiger partial charge in [-0.2, -0.15) is 0 Å². The van der Waals surface area contributed by atoms with E-state index in [0.717, 1.165) is 12.1 Å². The maximum atomic E-state index is 2.72. The van der Waals surface area contributed by atoms with Crippen LogP contribution in [0.4, 0.5) is 9.41 Å². The van der Waals surface area contributed by atoms with Crippen molar-refractivity contribution >= 4 is 0 Å². The summed E-state index contributed by atoms with van der Waals surface area (Å²) < 4.78 is 0. The molecule has 0 aromatic carbocycles. The zero-order valence-corrected chi connectivity index (χ0v) is 18.9. The average Bonchev–Trinajstić information content (AvgIpc) is 3.26. The van der Waals surface area contributed by atoms with Crippen LogP contribution in [-0.4, -0.2) is 48.1 Å². The standard InChI is InChI=1S/C12H25N.C11H23N.2FH/c1-3-5-6-10-13-11-7-9-12(13)8-4-2;1-3-5-6-9-12-10-7-8-11(12)4-2;;/h12H,3-11H2,1-2H3;11H,3-10H2,1-2H3;2*1H. The van der Waals surface area contributed by atoms with Crippen LogP contribution in [0, 0.1) is 0 Å². The van der Waals surface area contributed by atoms with E-state index in [2.05, 4.69) is 37.5 Å². The maximum Gasteiger partial charge on any atom is 0.00956 e. The van der Waals surface area contributed by atoms with Crippen molar-refractivity contribution in [2.75, 3.05) is 26.2 Å². The van der Waals surface area contributed by atoms with E-state index in [4.69, 9.17) is 0 Å². The minimum absolute atomic E-state index is 0. The minimum Gasteiger partial charge on any atom is -0.300 e. The molecule has 0 aromatic heterocycles. The van der Waals surface area contributed by atoms with E-state index >= 15 is 0 Å². The molecule has 0 spiro atoms. The Hall–Kier alpha value is -0.220. The molecule has 0 saturated carbocycles. The molecule has 2 fully saturated rings. The molecule has 2 rings (SSSR count). The van der Waals surface area contributed by atoms with Crippen LogP contribution in [0.15, 0.2) is 0 Å². The van der Waals surface area contributed by atoms with Crippen LogP contribution in [0.3, 0.4) is 0 Å². The first-order valence-corrected chi connectivity index (χ1v) is 11.7. The predicted molar refractivity (Wildman–Crippen MR) is 118 cm³/mol. The van der Waals surface area contributed by atoms with E-state index < -0.39 is 0 Å². The Balaban J connectivity index is 0. The van der Waals surface area contributed by atoms with Gasteiger partial charge < -0.3 is 9.80 Å². The van der Waals surface area contributed by atoms with Crippen LogP contribution < -0.4 is 0 Å². The molecule has 0 radical (unpaired) electrons. The van der Waals surface area contributed by atoms with Crippen LogP contribution in [0.1, 0.15) is 111 Å². The van der Waals surface area contributed by atoms with Gasteiger partial charge >= 0.3 is 0 Å². The van der Waals surface area contributed by atoms with Gasteiger partial charge in [0.2, 0.25) is 0 Å². The van der Waals surface area contributed by atoms with E-state index in [1.165, 1.54) is 110 Å². The Labute approximate surface area is 169 Å². The largest absolute Gasteiger partial charge is 0.300 e. The van der Waals surface area contributed by atoms with Crippen molar-refractivity contribution in [3.05, 3.63) is 0 Å². The molecule has 2 nitrogen and oxygen atoms in total. The summed E-state index contributed by atoms with van der Waals surface area (Å²) in [6.07, 6.45) is 18.3. The minimum atomic E-state index is 0. The highest BCUT2D eigenvalue weighted by Crippen LogP contribution is 2.21. The van der Waals surface area contributed by atoms with Crippen LogP contribution >= 0.6 is 0 Å². The number of hydrogen-bond acceptors (Lipinski definition) is 2. The molecule has 27 heavy (non-hydrogen) atoms. The van der Waals surface area contributed by atoms with Crippen molar-refractivity contribution in [1.82, 2.24) is 9.80 Å². The Morgan fingerprint density at radius 1 is 0.630 bits per heavy atom. The summed E-state index contributed by atoms with van der Waals surface area (Å²) in [5.41, 5.74) is 0. The van der Waals surface area contributed by atoms with E-state index in [1.54, 1.807) is 0 Å². The van der Waals surface area contributed by atoms with Gasteiger partial charge in [0, 0.05) is 12.1 Å². The Kier molecular flexibility index (Phi) is 20.5. The molecule has 2 aliphatic heterocycles. The fourth-order valence-electron chi connectivity index (χ4n) is 4.63. The van der Waals surface area contributed by atoms with Gasteiger partial charge in [-0.25, -0.2) is 0 Å². The zero-order chi connectivity index (χ0) is 18.3. The van der Waals surface area contributed by atoms with Gasteiger partial charge in [0.1, 0.15) is 0 Å². The van der Waals surface area contributed by atoms with Crippen molar-refractivity contribution in [3.63, 3.8) is 0 Å². The van der Waals surface area contributed by atoms with E-state index in [-0.39, 0.29) is 9.41 Å². The van der Waals surface area contributed by atoms with Crippen molar-refractivity contribution in [2.45, 2.75) is 123 Å². The third-order valence-electron chi connectivity index (χ3n) is 6.19. The summed E-state index contributed by atoms with van der Waals surface area (Å²) in [7, 11) is 0. The van der Waals surface area contributed by atoms with Gasteiger partial charge in [-0.3, -0.25) is 9.41 Å². The van der Waals surface area contributed by atoms with Crippen LogP contribution in [0.2, 0.25) is 0 Å². The van der Waals surface area contributed by atoms with Crippen molar-refractivity contribution in [2.24, 2.45) is 0 Å². The van der Waals surface area contributed by atoms with Gasteiger partial charge in [-0.05, 0) is 77.5 Å². The zero-order valence-electron chi connectivity index (χ0n) is 18.9. The summed E-state index contributed by atoms with van der Waals surface area (Å²) in [5, 5.41) is 0. The SMILES string of the molecule is CCCCCN1CCCC1CC.CCCCCN1CCCC1CCC.F.F. The number of likely N-dealkylation sites (tertiary alicyclic amines) is 2. The molecule has 0 N–H and O–H groups in total. The molecular formula is C23H50F2N2. The van der Waals surface area contributed by atoms with Gasteiger partial charge in [-0.1, -0.05) is 59.8 Å². The van der Waals surface area contributed by atoms with Gasteiger partial charge in [-0.15, -0.1) is 0 Å². The molecule has 0 aromatic rings. The molecule has 2 aliphatic rings. The molecular weight excluding hydrogens is 342 g/mol. The Bertz CT molecular complexity index is 302. The maximum absolute atomic E-state index is 2.72. The lowest BCUT2D eigenvalue weighted by atomic mass is 10.1. The Morgan fingerprint density at radius 3 is 1.56 bits per heavy atom. The molecule has 0 bridgehead atoms. The third kappa shape index (κ3) is 12.1. The second-order valence-electron chi connectivity index (χ2n) is 8.28. The second-order valence-corrected chi connectivity index (χ2v) is 8.28. The summed E-state index contributed by atoms with van der Waals surface area (Å²) >= 11 is 0. The summed E-state index contributed by atoms with van der Waals surface area (Å²) in [6.45, 7) is 14.6. The van der Waals surface area contributed by atoms with E-state index in [1.807, 2.05) is 0 Å². The van der Waals surface area contributed by atoms with Crippen LogP contribution in [-0.2, 0) is 0 Å². The lowest BCUT2D eigenvalue weighted by Gasteiger charge is -2.23. The van der Waals surface area contributed by atoms with E-state index in [9.17, 15) is 0 Å². The number of hydrogen-bond donors (Lipinski definition) is 0. The normalized spacial score (nSPS) is 22.7. The van der Waals surface area contributed by atoms with Crippen molar-refractivity contribution in [1.29, 1.82) is 0 Å². The monoisotopic (exact) mass is 392 g/mol. The highest BCUT2D eigenvalue weighted by atomic mass is 19.0. The van der Waals surface area contributed by atoms with Gasteiger partial charge in [0.25, 0.3) is 0 Å².